The molecule has 2 heterocycles. The van der Waals surface area contributed by atoms with Crippen LogP contribution in [0.4, 0.5) is 31.9 Å². The van der Waals surface area contributed by atoms with E-state index in [0.717, 1.165) is 42.4 Å². The van der Waals surface area contributed by atoms with E-state index in [1.54, 1.807) is 24.3 Å². The highest BCUT2D eigenvalue weighted by Gasteiger charge is 2.15. The van der Waals surface area contributed by atoms with E-state index in [4.69, 9.17) is 0 Å². The zero-order valence-corrected chi connectivity index (χ0v) is 16.5. The molecule has 1 saturated heterocycles. The predicted octanol–water partition coefficient (Wildman–Crippen LogP) is 4.66. The molecule has 0 saturated carbocycles. The zero-order chi connectivity index (χ0) is 21.1. The van der Waals surface area contributed by atoms with Gasteiger partial charge in [0.25, 0.3) is 5.91 Å². The summed E-state index contributed by atoms with van der Waals surface area (Å²) in [4.78, 5) is 23.5. The van der Waals surface area contributed by atoms with Gasteiger partial charge in [0.1, 0.15) is 17.5 Å². The third kappa shape index (κ3) is 4.53. The van der Waals surface area contributed by atoms with Crippen LogP contribution >= 0.6 is 0 Å². The zero-order valence-electron chi connectivity index (χ0n) is 16.5. The topological polar surface area (TPSA) is 70.2 Å². The van der Waals surface area contributed by atoms with Crippen LogP contribution in [-0.2, 0) is 0 Å². The summed E-state index contributed by atoms with van der Waals surface area (Å²) >= 11 is 0. The van der Waals surface area contributed by atoms with Gasteiger partial charge in [-0.3, -0.25) is 4.79 Å². The standard InChI is InChI=1S/C22H21F2N5O/c1-14-12-20(29-10-2-3-11-29)28-22(25-14)27-17-7-5-16(6-8-17)26-21(30)18-9-4-15(23)13-19(18)24/h4-9,12-13H,2-3,10-11H2,1H3,(H,26,30)(H,25,27,28). The van der Waals surface area contributed by atoms with Crippen LogP contribution in [0.3, 0.4) is 0 Å². The van der Waals surface area contributed by atoms with Gasteiger partial charge < -0.3 is 15.5 Å². The largest absolute Gasteiger partial charge is 0.356 e. The van der Waals surface area contributed by atoms with Gasteiger partial charge in [-0.15, -0.1) is 0 Å². The minimum Gasteiger partial charge on any atom is -0.356 e. The Morgan fingerprint density at radius 3 is 2.37 bits per heavy atom. The summed E-state index contributed by atoms with van der Waals surface area (Å²) in [5, 5.41) is 5.77. The molecular weight excluding hydrogens is 388 g/mol. The van der Waals surface area contributed by atoms with Crippen LogP contribution in [0.15, 0.2) is 48.5 Å². The number of carbonyl (C=O) groups is 1. The molecule has 2 N–H and O–H groups in total. The maximum Gasteiger partial charge on any atom is 0.258 e. The number of nitrogens with one attached hydrogen (secondary N) is 2. The van der Waals surface area contributed by atoms with Crippen molar-refractivity contribution in [2.24, 2.45) is 0 Å². The Morgan fingerprint density at radius 1 is 0.967 bits per heavy atom. The predicted molar refractivity (Wildman–Crippen MR) is 112 cm³/mol. The molecule has 0 atom stereocenters. The number of halogens is 2. The van der Waals surface area contributed by atoms with Crippen molar-refractivity contribution >= 4 is 29.0 Å². The van der Waals surface area contributed by atoms with Gasteiger partial charge in [-0.2, -0.15) is 4.98 Å². The van der Waals surface area contributed by atoms with E-state index in [0.29, 0.717) is 17.7 Å². The van der Waals surface area contributed by atoms with Crippen molar-refractivity contribution in [3.63, 3.8) is 0 Å². The number of aryl methyl sites for hydroxylation is 1. The smallest absolute Gasteiger partial charge is 0.258 e. The minimum atomic E-state index is -0.906. The minimum absolute atomic E-state index is 0.221. The molecule has 0 aliphatic carbocycles. The summed E-state index contributed by atoms with van der Waals surface area (Å²) in [7, 11) is 0. The lowest BCUT2D eigenvalue weighted by atomic mass is 10.2. The van der Waals surface area contributed by atoms with Crippen molar-refractivity contribution < 1.29 is 13.6 Å². The summed E-state index contributed by atoms with van der Waals surface area (Å²) in [6.07, 6.45) is 2.33. The van der Waals surface area contributed by atoms with Gasteiger partial charge >= 0.3 is 0 Å². The highest BCUT2D eigenvalue weighted by molar-refractivity contribution is 6.04. The number of aromatic nitrogens is 2. The first-order valence-corrected chi connectivity index (χ1v) is 9.72. The third-order valence-electron chi connectivity index (χ3n) is 4.85. The lowest BCUT2D eigenvalue weighted by Crippen LogP contribution is -2.19. The van der Waals surface area contributed by atoms with E-state index < -0.39 is 17.5 Å². The molecule has 8 heteroatoms. The van der Waals surface area contributed by atoms with E-state index >= 15 is 0 Å². The molecule has 0 bridgehead atoms. The van der Waals surface area contributed by atoms with Gasteiger partial charge in [0.05, 0.1) is 5.56 Å². The molecule has 1 aromatic heterocycles. The lowest BCUT2D eigenvalue weighted by molar-refractivity contribution is 0.102. The van der Waals surface area contributed by atoms with E-state index in [2.05, 4.69) is 25.5 Å². The molecule has 2 aromatic carbocycles. The summed E-state index contributed by atoms with van der Waals surface area (Å²) < 4.78 is 26.8. The van der Waals surface area contributed by atoms with E-state index in [9.17, 15) is 13.6 Å². The number of anilines is 4. The van der Waals surface area contributed by atoms with Gasteiger partial charge in [-0.25, -0.2) is 13.8 Å². The summed E-state index contributed by atoms with van der Waals surface area (Å²) in [5.41, 5.74) is 1.89. The summed E-state index contributed by atoms with van der Waals surface area (Å²) in [5.74, 6) is -0.873. The molecule has 0 unspecified atom stereocenters. The number of rotatable bonds is 5. The summed E-state index contributed by atoms with van der Waals surface area (Å²) in [6, 6.07) is 11.7. The van der Waals surface area contributed by atoms with Crippen LogP contribution < -0.4 is 15.5 Å². The number of hydrogen-bond acceptors (Lipinski definition) is 5. The molecule has 1 aliphatic rings. The van der Waals surface area contributed by atoms with Crippen molar-refractivity contribution in [2.75, 3.05) is 28.6 Å². The van der Waals surface area contributed by atoms with Gasteiger partial charge in [-0.1, -0.05) is 0 Å². The second-order valence-corrected chi connectivity index (χ2v) is 7.17. The van der Waals surface area contributed by atoms with Crippen molar-refractivity contribution in [3.05, 3.63) is 71.4 Å². The van der Waals surface area contributed by atoms with Crippen LogP contribution in [-0.4, -0.2) is 29.0 Å². The Bertz CT molecular complexity index is 1070. The quantitative estimate of drug-likeness (QED) is 0.641. The van der Waals surface area contributed by atoms with Crippen molar-refractivity contribution in [2.45, 2.75) is 19.8 Å². The maximum absolute atomic E-state index is 13.8. The first kappa shape index (κ1) is 19.8. The van der Waals surface area contributed by atoms with Gasteiger partial charge in [-0.05, 0) is 56.2 Å². The fourth-order valence-corrected chi connectivity index (χ4v) is 3.35. The van der Waals surface area contributed by atoms with Gasteiger partial charge in [0.15, 0.2) is 0 Å². The second-order valence-electron chi connectivity index (χ2n) is 7.17. The average molecular weight is 409 g/mol. The van der Waals surface area contributed by atoms with Crippen molar-refractivity contribution in [1.82, 2.24) is 9.97 Å². The molecule has 0 spiro atoms. The second kappa shape index (κ2) is 8.44. The number of nitrogens with zero attached hydrogens (tertiary/aromatic N) is 3. The van der Waals surface area contributed by atoms with Crippen molar-refractivity contribution in [1.29, 1.82) is 0 Å². The highest BCUT2D eigenvalue weighted by atomic mass is 19.1. The molecule has 1 aliphatic heterocycles. The number of carbonyl (C=O) groups excluding carboxylic acids is 1. The molecule has 4 rings (SSSR count). The van der Waals surface area contributed by atoms with Crippen LogP contribution in [0.5, 0.6) is 0 Å². The Kier molecular flexibility index (Phi) is 5.56. The van der Waals surface area contributed by atoms with E-state index in [1.165, 1.54) is 12.8 Å². The molecule has 1 fully saturated rings. The van der Waals surface area contributed by atoms with E-state index in [-0.39, 0.29) is 5.56 Å². The normalized spacial score (nSPS) is 13.4. The molecule has 6 nitrogen and oxygen atoms in total. The van der Waals surface area contributed by atoms with Crippen LogP contribution in [0.1, 0.15) is 28.9 Å². The number of hydrogen-bond donors (Lipinski definition) is 2. The van der Waals surface area contributed by atoms with E-state index in [1.807, 2.05) is 13.0 Å². The van der Waals surface area contributed by atoms with Gasteiger partial charge in [0.2, 0.25) is 5.95 Å². The summed E-state index contributed by atoms with van der Waals surface area (Å²) in [6.45, 7) is 3.93. The van der Waals surface area contributed by atoms with Gasteiger partial charge in [0, 0.05) is 42.3 Å². The first-order valence-electron chi connectivity index (χ1n) is 9.72. The Balaban J connectivity index is 1.44. The Labute approximate surface area is 173 Å². The fourth-order valence-electron chi connectivity index (χ4n) is 3.35. The molecular formula is C22H21F2N5O. The molecule has 3 aromatic rings. The lowest BCUT2D eigenvalue weighted by Gasteiger charge is -2.17. The van der Waals surface area contributed by atoms with Crippen LogP contribution in [0.25, 0.3) is 0 Å². The SMILES string of the molecule is Cc1cc(N2CCCC2)nc(Nc2ccc(NC(=O)c3ccc(F)cc3F)cc2)n1. The third-order valence-corrected chi connectivity index (χ3v) is 4.85. The fraction of sp³-hybridized carbons (Fsp3) is 0.227. The van der Waals surface area contributed by atoms with Crippen LogP contribution in [0.2, 0.25) is 0 Å². The molecule has 30 heavy (non-hydrogen) atoms. The molecule has 1 amide bonds. The average Bonchev–Trinajstić information content (AvgIpc) is 3.24. The molecule has 0 radical (unpaired) electrons. The maximum atomic E-state index is 13.8. The number of benzene rings is 2. The molecule has 154 valence electrons. The Morgan fingerprint density at radius 2 is 1.67 bits per heavy atom. The number of amides is 1. The monoisotopic (exact) mass is 409 g/mol. The van der Waals surface area contributed by atoms with Crippen molar-refractivity contribution in [3.8, 4) is 0 Å². The first-order chi connectivity index (χ1) is 14.5. The highest BCUT2D eigenvalue weighted by Crippen LogP contribution is 2.23. The Hall–Kier alpha value is -3.55. The van der Waals surface area contributed by atoms with Crippen LogP contribution in [0, 0.1) is 18.6 Å².